The lowest BCUT2D eigenvalue weighted by molar-refractivity contribution is -0.157. The van der Waals surface area contributed by atoms with Gasteiger partial charge in [-0.2, -0.15) is 0 Å². The van der Waals surface area contributed by atoms with Gasteiger partial charge in [0.25, 0.3) is 0 Å². The van der Waals surface area contributed by atoms with Crippen molar-refractivity contribution in [3.63, 3.8) is 0 Å². The molecule has 0 saturated heterocycles. The Bertz CT molecular complexity index is 1450. The molecule has 1 saturated carbocycles. The summed E-state index contributed by atoms with van der Waals surface area (Å²) < 4.78 is 15.2. The fourth-order valence-electron chi connectivity index (χ4n) is 4.52. The maximum absolute atomic E-state index is 13.2. The molecule has 0 unspecified atom stereocenters. The first-order valence-electron chi connectivity index (χ1n) is 12.2. The fraction of sp³-hybridized carbons (Fsp3) is 0.286. The average molecular weight is 590 g/mol. The number of halogens is 2. The number of ether oxygens (including phenoxy) is 3. The van der Waals surface area contributed by atoms with E-state index in [0.717, 1.165) is 10.8 Å². The molecule has 1 aliphatic rings. The molecular formula is C28H25Cl2NO9. The highest BCUT2D eigenvalue weighted by Gasteiger charge is 2.51. The summed E-state index contributed by atoms with van der Waals surface area (Å²) >= 11 is 12.2. The Balaban J connectivity index is 1.52. The monoisotopic (exact) mass is 589 g/mol. The van der Waals surface area contributed by atoms with Gasteiger partial charge in [-0.1, -0.05) is 59.6 Å². The topological polar surface area (TPSA) is 148 Å². The molecule has 0 bridgehead atoms. The van der Waals surface area contributed by atoms with E-state index in [1.165, 1.54) is 0 Å². The molecule has 0 heterocycles. The molecule has 0 aliphatic heterocycles. The predicted molar refractivity (Wildman–Crippen MR) is 145 cm³/mol. The van der Waals surface area contributed by atoms with Crippen LogP contribution in [0.5, 0.6) is 0 Å². The minimum absolute atomic E-state index is 0.0723. The molecular weight excluding hydrogens is 565 g/mol. The molecule has 5 atom stereocenters. The number of fused-ring (bicyclic) bond motifs is 1. The minimum Gasteiger partial charge on any atom is -0.456 e. The standard InChI is InChI=1S/C28H25Cl2NO9/c1-14(31-25(32)19-13-23(39-27(34)35)24(19)40-28(36)37)22(11-15-6-9-20(29)21(30)10-15)38-26(33)18-8-7-16-4-2-3-5-17(16)12-18/h2-10,12,14,19,22-24H,11,13H2,1H3,(H,31,32)(H,34,35)(H,36,37)/t14-,19-,22+,23-,24-/m0/s1. The first-order chi connectivity index (χ1) is 19.0. The van der Waals surface area contributed by atoms with Gasteiger partial charge in [0.2, 0.25) is 5.91 Å². The second kappa shape index (κ2) is 12.4. The number of carbonyl (C=O) groups excluding carboxylic acids is 2. The van der Waals surface area contributed by atoms with Crippen molar-refractivity contribution in [2.75, 3.05) is 0 Å². The van der Waals surface area contributed by atoms with E-state index in [4.69, 9.17) is 42.9 Å². The quantitative estimate of drug-likeness (QED) is 0.215. The van der Waals surface area contributed by atoms with E-state index in [2.05, 4.69) is 10.1 Å². The Morgan fingerprint density at radius 1 is 0.925 bits per heavy atom. The van der Waals surface area contributed by atoms with E-state index >= 15 is 0 Å². The number of benzene rings is 3. The third kappa shape index (κ3) is 6.94. The van der Waals surface area contributed by atoms with Crippen molar-refractivity contribution < 1.29 is 43.6 Å². The van der Waals surface area contributed by atoms with Gasteiger partial charge in [-0.25, -0.2) is 14.4 Å². The van der Waals surface area contributed by atoms with Gasteiger partial charge >= 0.3 is 18.3 Å². The number of nitrogens with one attached hydrogen (secondary N) is 1. The minimum atomic E-state index is -1.67. The molecule has 1 fully saturated rings. The summed E-state index contributed by atoms with van der Waals surface area (Å²) in [6, 6.07) is 16.9. The Labute approximate surface area is 238 Å². The highest BCUT2D eigenvalue weighted by atomic mass is 35.5. The molecule has 1 aliphatic carbocycles. The van der Waals surface area contributed by atoms with Crippen LogP contribution in [0.15, 0.2) is 60.7 Å². The van der Waals surface area contributed by atoms with Crippen LogP contribution >= 0.6 is 23.2 Å². The van der Waals surface area contributed by atoms with Gasteiger partial charge < -0.3 is 29.7 Å². The summed E-state index contributed by atoms with van der Waals surface area (Å²) in [7, 11) is 0. The van der Waals surface area contributed by atoms with Crippen molar-refractivity contribution in [3.05, 3.63) is 81.8 Å². The molecule has 210 valence electrons. The Hall–Kier alpha value is -4.02. The maximum Gasteiger partial charge on any atom is 0.506 e. The summed E-state index contributed by atoms with van der Waals surface area (Å²) in [5, 5.41) is 23.1. The first-order valence-corrected chi connectivity index (χ1v) is 13.0. The van der Waals surface area contributed by atoms with Crippen LogP contribution in [-0.2, 0) is 25.4 Å². The van der Waals surface area contributed by atoms with Crippen molar-refractivity contribution in [1.29, 1.82) is 0 Å². The number of hydrogen-bond acceptors (Lipinski definition) is 7. The fourth-order valence-corrected chi connectivity index (χ4v) is 4.84. The zero-order chi connectivity index (χ0) is 29.0. The summed E-state index contributed by atoms with van der Waals surface area (Å²) in [6.45, 7) is 1.63. The van der Waals surface area contributed by atoms with Crippen LogP contribution < -0.4 is 5.32 Å². The lowest BCUT2D eigenvalue weighted by Gasteiger charge is -2.41. The number of rotatable bonds is 9. The molecule has 3 aromatic carbocycles. The van der Waals surface area contributed by atoms with Crippen molar-refractivity contribution >= 4 is 58.2 Å². The molecule has 3 N–H and O–H groups in total. The molecule has 0 radical (unpaired) electrons. The number of hydrogen-bond donors (Lipinski definition) is 3. The summed E-state index contributed by atoms with van der Waals surface area (Å²) in [5.74, 6) is -2.21. The molecule has 1 amide bonds. The van der Waals surface area contributed by atoms with Gasteiger partial charge in [0, 0.05) is 12.8 Å². The summed E-state index contributed by atoms with van der Waals surface area (Å²) in [5.41, 5.74) is 1.01. The second-order valence-electron chi connectivity index (χ2n) is 9.37. The van der Waals surface area contributed by atoms with E-state index in [-0.39, 0.29) is 12.8 Å². The van der Waals surface area contributed by atoms with Gasteiger partial charge in [-0.15, -0.1) is 0 Å². The molecule has 4 rings (SSSR count). The summed E-state index contributed by atoms with van der Waals surface area (Å²) in [4.78, 5) is 48.2. The molecule has 0 spiro atoms. The third-order valence-corrected chi connectivity index (χ3v) is 7.41. The Kier molecular flexibility index (Phi) is 9.01. The van der Waals surface area contributed by atoms with E-state index in [9.17, 15) is 19.2 Å². The molecule has 40 heavy (non-hydrogen) atoms. The van der Waals surface area contributed by atoms with Crippen LogP contribution in [0.1, 0.15) is 29.3 Å². The number of esters is 1. The second-order valence-corrected chi connectivity index (χ2v) is 10.2. The van der Waals surface area contributed by atoms with Crippen LogP contribution in [0.2, 0.25) is 10.0 Å². The average Bonchev–Trinajstić information content (AvgIpc) is 2.90. The van der Waals surface area contributed by atoms with Gasteiger partial charge in [0.15, 0.2) is 6.10 Å². The molecule has 12 heteroatoms. The zero-order valence-electron chi connectivity index (χ0n) is 21.1. The lowest BCUT2D eigenvalue weighted by Crippen LogP contribution is -2.59. The van der Waals surface area contributed by atoms with Crippen LogP contribution in [0.4, 0.5) is 9.59 Å². The van der Waals surface area contributed by atoms with Crippen LogP contribution in [0.3, 0.4) is 0 Å². The van der Waals surface area contributed by atoms with Gasteiger partial charge in [-0.3, -0.25) is 4.79 Å². The van der Waals surface area contributed by atoms with Crippen molar-refractivity contribution in [3.8, 4) is 0 Å². The van der Waals surface area contributed by atoms with Gasteiger partial charge in [-0.05, 0) is 47.5 Å². The van der Waals surface area contributed by atoms with E-state index in [1.54, 1.807) is 43.3 Å². The van der Waals surface area contributed by atoms with Crippen molar-refractivity contribution in [1.82, 2.24) is 5.32 Å². The largest absolute Gasteiger partial charge is 0.506 e. The summed E-state index contributed by atoms with van der Waals surface area (Å²) in [6.07, 6.45) is -6.48. The number of amides is 1. The van der Waals surface area contributed by atoms with Crippen LogP contribution in [0.25, 0.3) is 10.8 Å². The van der Waals surface area contributed by atoms with E-state index in [0.29, 0.717) is 21.2 Å². The molecule has 10 nitrogen and oxygen atoms in total. The molecule has 0 aromatic heterocycles. The highest BCUT2D eigenvalue weighted by molar-refractivity contribution is 6.42. The number of carboxylic acid groups (broad SMARTS) is 2. The Morgan fingerprint density at radius 3 is 2.30 bits per heavy atom. The predicted octanol–water partition coefficient (Wildman–Crippen LogP) is 5.57. The van der Waals surface area contributed by atoms with Crippen LogP contribution in [-0.4, -0.2) is 58.8 Å². The normalized spacial score (nSPS) is 19.5. The lowest BCUT2D eigenvalue weighted by atomic mass is 9.77. The van der Waals surface area contributed by atoms with E-state index < -0.39 is 54.5 Å². The smallest absolute Gasteiger partial charge is 0.456 e. The third-order valence-electron chi connectivity index (χ3n) is 6.67. The maximum atomic E-state index is 13.2. The first kappa shape index (κ1) is 29.0. The highest BCUT2D eigenvalue weighted by Crippen LogP contribution is 2.34. The Morgan fingerprint density at radius 2 is 1.62 bits per heavy atom. The van der Waals surface area contributed by atoms with E-state index in [1.807, 2.05) is 24.3 Å². The van der Waals surface area contributed by atoms with Gasteiger partial charge in [0.1, 0.15) is 12.2 Å². The van der Waals surface area contributed by atoms with Gasteiger partial charge in [0.05, 0.1) is 27.6 Å². The number of carbonyl (C=O) groups is 4. The van der Waals surface area contributed by atoms with Crippen molar-refractivity contribution in [2.24, 2.45) is 5.92 Å². The zero-order valence-corrected chi connectivity index (χ0v) is 22.6. The SMILES string of the molecule is C[C@H](NC(=O)[C@H]1C[C@H](OC(=O)O)[C@H]1OC(=O)O)[C@@H](Cc1ccc(Cl)c(Cl)c1)OC(=O)c1ccc2ccccc2c1. The van der Waals surface area contributed by atoms with Crippen LogP contribution in [0, 0.1) is 5.92 Å². The molecule has 3 aromatic rings. The van der Waals surface area contributed by atoms with Crippen molar-refractivity contribution in [2.45, 2.75) is 44.1 Å².